The Morgan fingerprint density at radius 1 is 1.00 bits per heavy atom. The molecular formula is C28H42N4O. The zero-order valence-electron chi connectivity index (χ0n) is 20.8. The minimum atomic E-state index is -0.0402. The van der Waals surface area contributed by atoms with Crippen LogP contribution < -0.4 is 5.32 Å². The number of benzene rings is 2. The van der Waals surface area contributed by atoms with E-state index in [-0.39, 0.29) is 6.04 Å². The van der Waals surface area contributed by atoms with E-state index in [0.29, 0.717) is 18.0 Å². The Hall–Kier alpha value is -1.95. The smallest absolute Gasteiger partial charge is 0.239 e. The van der Waals surface area contributed by atoms with E-state index in [1.165, 1.54) is 55.2 Å². The molecule has 2 aliphatic heterocycles. The van der Waals surface area contributed by atoms with Gasteiger partial charge in [-0.1, -0.05) is 49.4 Å². The maximum Gasteiger partial charge on any atom is 0.239 e. The summed E-state index contributed by atoms with van der Waals surface area (Å²) in [6.45, 7) is 13.4. The molecule has 0 spiro atoms. The van der Waals surface area contributed by atoms with Crippen LogP contribution in [0.15, 0.2) is 42.5 Å². The second kappa shape index (κ2) is 11.5. The van der Waals surface area contributed by atoms with Gasteiger partial charge >= 0.3 is 0 Å². The molecule has 0 aliphatic carbocycles. The number of amides is 1. The second-order valence-corrected chi connectivity index (χ2v) is 9.81. The first-order chi connectivity index (χ1) is 16.1. The van der Waals surface area contributed by atoms with Gasteiger partial charge in [-0.2, -0.15) is 0 Å². The number of hydrogen-bond acceptors (Lipinski definition) is 4. The molecule has 2 aromatic rings. The van der Waals surface area contributed by atoms with Crippen LogP contribution in [0.2, 0.25) is 0 Å². The minimum absolute atomic E-state index is 0.0402. The van der Waals surface area contributed by atoms with Crippen LogP contribution in [0.5, 0.6) is 0 Å². The molecule has 2 fully saturated rings. The first-order valence-corrected chi connectivity index (χ1v) is 13.1. The van der Waals surface area contributed by atoms with Crippen molar-refractivity contribution in [2.45, 2.75) is 71.1 Å². The highest BCUT2D eigenvalue weighted by Crippen LogP contribution is 2.27. The number of carbonyl (C=O) groups is 1. The molecule has 5 heteroatoms. The van der Waals surface area contributed by atoms with Gasteiger partial charge in [-0.25, -0.2) is 0 Å². The number of nitrogens with zero attached hydrogens (tertiary/aromatic N) is 3. The maximum atomic E-state index is 13.5. The number of fused-ring (bicyclic) bond motifs is 1. The van der Waals surface area contributed by atoms with Crippen molar-refractivity contribution in [2.75, 3.05) is 39.3 Å². The molecule has 1 N–H and O–H groups in total. The summed E-state index contributed by atoms with van der Waals surface area (Å²) in [5.74, 6) is 0.294. The van der Waals surface area contributed by atoms with E-state index in [1.54, 1.807) is 0 Å². The molecule has 1 amide bonds. The number of nitrogens with one attached hydrogen (secondary N) is 1. The summed E-state index contributed by atoms with van der Waals surface area (Å²) < 4.78 is 0. The SMILES string of the molecule is CCCN1CCC(N[C@@H]2C[C@@H](C(=O)N(CC)CC)N(Cc3cccc4ccccc34)C2)CC1. The zero-order valence-corrected chi connectivity index (χ0v) is 20.8. The van der Waals surface area contributed by atoms with Crippen LogP contribution in [0.3, 0.4) is 0 Å². The number of likely N-dealkylation sites (tertiary alicyclic amines) is 2. The highest BCUT2D eigenvalue weighted by Gasteiger charge is 2.39. The van der Waals surface area contributed by atoms with E-state index in [2.05, 4.69) is 78.4 Å². The van der Waals surface area contributed by atoms with Crippen molar-refractivity contribution in [3.63, 3.8) is 0 Å². The summed E-state index contributed by atoms with van der Waals surface area (Å²) in [5.41, 5.74) is 1.32. The fraction of sp³-hybridized carbons (Fsp3) is 0.607. The van der Waals surface area contributed by atoms with E-state index >= 15 is 0 Å². The second-order valence-electron chi connectivity index (χ2n) is 9.81. The third-order valence-electron chi connectivity index (χ3n) is 7.62. The fourth-order valence-electron chi connectivity index (χ4n) is 5.82. The Morgan fingerprint density at radius 3 is 2.45 bits per heavy atom. The van der Waals surface area contributed by atoms with Gasteiger partial charge < -0.3 is 15.1 Å². The van der Waals surface area contributed by atoms with Gasteiger partial charge in [0.15, 0.2) is 0 Å². The van der Waals surface area contributed by atoms with Gasteiger partial charge in [-0.15, -0.1) is 0 Å². The minimum Gasteiger partial charge on any atom is -0.342 e. The summed E-state index contributed by atoms with van der Waals surface area (Å²) >= 11 is 0. The van der Waals surface area contributed by atoms with E-state index < -0.39 is 0 Å². The molecule has 0 radical (unpaired) electrons. The van der Waals surface area contributed by atoms with Gasteiger partial charge in [0.25, 0.3) is 0 Å². The standard InChI is InChI=1S/C28H42N4O/c1-4-16-30-17-14-24(15-18-30)29-25-19-27(28(33)31(5-2)6-3)32(21-25)20-23-12-9-11-22-10-7-8-13-26(22)23/h7-13,24-25,27,29H,4-6,14-21H2,1-3H3/t25-,27+/m1/s1. The summed E-state index contributed by atoms with van der Waals surface area (Å²) in [6.07, 6.45) is 4.58. The van der Waals surface area contributed by atoms with E-state index in [9.17, 15) is 4.79 Å². The zero-order chi connectivity index (χ0) is 23.2. The molecule has 33 heavy (non-hydrogen) atoms. The Morgan fingerprint density at radius 2 is 1.73 bits per heavy atom. The summed E-state index contributed by atoms with van der Waals surface area (Å²) in [6, 6.07) is 16.1. The van der Waals surface area contributed by atoms with Crippen molar-refractivity contribution in [3.05, 3.63) is 48.0 Å². The molecule has 180 valence electrons. The Balaban J connectivity index is 1.48. The Kier molecular flexibility index (Phi) is 8.39. The molecule has 2 atom stereocenters. The van der Waals surface area contributed by atoms with Crippen LogP contribution in [0.1, 0.15) is 52.0 Å². The normalized spacial score (nSPS) is 22.8. The number of piperidine rings is 1. The first kappa shape index (κ1) is 24.2. The van der Waals surface area contributed by atoms with Crippen LogP contribution in [0.25, 0.3) is 10.8 Å². The lowest BCUT2D eigenvalue weighted by atomic mass is 10.0. The highest BCUT2D eigenvalue weighted by molar-refractivity contribution is 5.86. The molecular weight excluding hydrogens is 408 g/mol. The predicted octanol–water partition coefficient (Wildman–Crippen LogP) is 4.12. The number of rotatable bonds is 9. The van der Waals surface area contributed by atoms with Gasteiger partial charge in [0.05, 0.1) is 6.04 Å². The van der Waals surface area contributed by atoms with Crippen molar-refractivity contribution in [1.82, 2.24) is 20.0 Å². The lowest BCUT2D eigenvalue weighted by Crippen LogP contribution is -2.47. The molecule has 0 unspecified atom stereocenters. The average Bonchev–Trinajstić information content (AvgIpc) is 3.23. The molecule has 2 aliphatic rings. The molecule has 5 nitrogen and oxygen atoms in total. The average molecular weight is 451 g/mol. The number of hydrogen-bond donors (Lipinski definition) is 1. The highest BCUT2D eigenvalue weighted by atomic mass is 16.2. The van der Waals surface area contributed by atoms with E-state index in [1.807, 2.05) is 4.90 Å². The molecule has 2 aromatic carbocycles. The predicted molar refractivity (Wildman–Crippen MR) is 137 cm³/mol. The quantitative estimate of drug-likeness (QED) is 0.624. The molecule has 0 saturated carbocycles. The summed E-state index contributed by atoms with van der Waals surface area (Å²) in [4.78, 5) is 20.5. The van der Waals surface area contributed by atoms with Crippen LogP contribution >= 0.6 is 0 Å². The van der Waals surface area contributed by atoms with Gasteiger partial charge in [0, 0.05) is 38.3 Å². The van der Waals surface area contributed by atoms with Gasteiger partial charge in [-0.05, 0) is 75.5 Å². The summed E-state index contributed by atoms with van der Waals surface area (Å²) in [5, 5.41) is 6.53. The molecule has 0 aromatic heterocycles. The third-order valence-corrected chi connectivity index (χ3v) is 7.62. The van der Waals surface area contributed by atoms with Crippen molar-refractivity contribution in [3.8, 4) is 0 Å². The number of carbonyl (C=O) groups excluding carboxylic acids is 1. The maximum absolute atomic E-state index is 13.5. The van der Waals surface area contributed by atoms with Crippen LogP contribution in [-0.4, -0.2) is 78.0 Å². The lowest BCUT2D eigenvalue weighted by Gasteiger charge is -2.33. The van der Waals surface area contributed by atoms with Crippen molar-refractivity contribution < 1.29 is 4.79 Å². The number of likely N-dealkylation sites (N-methyl/N-ethyl adjacent to an activating group) is 1. The van der Waals surface area contributed by atoms with Crippen molar-refractivity contribution in [1.29, 1.82) is 0 Å². The fourth-order valence-corrected chi connectivity index (χ4v) is 5.82. The van der Waals surface area contributed by atoms with Crippen LogP contribution in [-0.2, 0) is 11.3 Å². The molecule has 4 rings (SSSR count). The van der Waals surface area contributed by atoms with Gasteiger partial charge in [-0.3, -0.25) is 9.69 Å². The van der Waals surface area contributed by atoms with E-state index in [4.69, 9.17) is 0 Å². The first-order valence-electron chi connectivity index (χ1n) is 13.1. The van der Waals surface area contributed by atoms with Crippen LogP contribution in [0, 0.1) is 0 Å². The topological polar surface area (TPSA) is 38.8 Å². The largest absolute Gasteiger partial charge is 0.342 e. The van der Waals surface area contributed by atoms with E-state index in [0.717, 1.165) is 32.6 Å². The van der Waals surface area contributed by atoms with Crippen molar-refractivity contribution in [2.24, 2.45) is 0 Å². The van der Waals surface area contributed by atoms with Gasteiger partial charge in [0.1, 0.15) is 0 Å². The third kappa shape index (κ3) is 5.76. The molecule has 2 heterocycles. The van der Waals surface area contributed by atoms with Crippen LogP contribution in [0.4, 0.5) is 0 Å². The van der Waals surface area contributed by atoms with Gasteiger partial charge in [0.2, 0.25) is 5.91 Å². The molecule has 0 bridgehead atoms. The Labute approximate surface area is 200 Å². The monoisotopic (exact) mass is 450 g/mol. The van der Waals surface area contributed by atoms with Crippen molar-refractivity contribution >= 4 is 16.7 Å². The Bertz CT molecular complexity index is 898. The molecule has 2 saturated heterocycles. The summed E-state index contributed by atoms with van der Waals surface area (Å²) in [7, 11) is 0. The lowest BCUT2D eigenvalue weighted by molar-refractivity contribution is -0.135.